The van der Waals surface area contributed by atoms with Gasteiger partial charge in [0.05, 0.1) is 17.8 Å². The van der Waals surface area contributed by atoms with Crippen molar-refractivity contribution >= 4 is 15.7 Å². The molecule has 0 aliphatic carbocycles. The van der Waals surface area contributed by atoms with Gasteiger partial charge in [0.2, 0.25) is 5.91 Å². The predicted molar refractivity (Wildman–Crippen MR) is 70.5 cm³/mol. The van der Waals surface area contributed by atoms with Crippen molar-refractivity contribution in [1.82, 2.24) is 10.6 Å². The van der Waals surface area contributed by atoms with E-state index in [1.165, 1.54) is 0 Å². The van der Waals surface area contributed by atoms with Crippen molar-refractivity contribution in [2.75, 3.05) is 24.6 Å². The molecule has 6 nitrogen and oxygen atoms in total. The molecular weight excluding hydrogens is 268 g/mol. The molecule has 1 aromatic heterocycles. The molecule has 2 N–H and O–H groups in total. The molecule has 0 aromatic carbocycles. The van der Waals surface area contributed by atoms with Crippen LogP contribution in [0.25, 0.3) is 0 Å². The van der Waals surface area contributed by atoms with Crippen molar-refractivity contribution < 1.29 is 17.6 Å². The first-order valence-electron chi connectivity index (χ1n) is 6.28. The number of nitrogens with one attached hydrogen (secondary N) is 2. The third-order valence-electron chi connectivity index (χ3n) is 3.01. The second-order valence-corrected chi connectivity index (χ2v) is 6.88. The highest BCUT2D eigenvalue weighted by Gasteiger charge is 2.25. The molecule has 1 aliphatic heterocycles. The van der Waals surface area contributed by atoms with Crippen LogP contribution in [0.2, 0.25) is 0 Å². The summed E-state index contributed by atoms with van der Waals surface area (Å²) in [5.41, 5.74) is 0. The summed E-state index contributed by atoms with van der Waals surface area (Å²) < 4.78 is 28.0. The number of carbonyl (C=O) groups excluding carboxylic acids is 1. The first-order valence-corrected chi connectivity index (χ1v) is 8.10. The fraction of sp³-hybridized carbons (Fsp3) is 0.583. The first-order chi connectivity index (χ1) is 9.05. The molecule has 7 heteroatoms. The molecular formula is C12H18N2O4S. The molecule has 106 valence electrons. The maximum atomic E-state index is 11.7. The smallest absolute Gasteiger partial charge is 0.221 e. The van der Waals surface area contributed by atoms with E-state index in [4.69, 9.17) is 4.42 Å². The van der Waals surface area contributed by atoms with Gasteiger partial charge < -0.3 is 15.1 Å². The maximum absolute atomic E-state index is 11.7. The quantitative estimate of drug-likeness (QED) is 0.777. The summed E-state index contributed by atoms with van der Waals surface area (Å²) >= 11 is 0. The summed E-state index contributed by atoms with van der Waals surface area (Å²) in [6.45, 7) is 0.915. The lowest BCUT2D eigenvalue weighted by Gasteiger charge is -2.23. The van der Waals surface area contributed by atoms with E-state index in [2.05, 4.69) is 10.6 Å². The Hall–Kier alpha value is -1.34. The molecule has 1 amide bonds. The highest BCUT2D eigenvalue weighted by Crippen LogP contribution is 2.05. The molecule has 0 bridgehead atoms. The SMILES string of the molecule is O=C(CC1CS(=O)(=O)CCN1)NCCc1ccco1. The van der Waals surface area contributed by atoms with Crippen LogP contribution in [-0.2, 0) is 21.1 Å². The summed E-state index contributed by atoms with van der Waals surface area (Å²) in [7, 11) is -2.99. The zero-order chi connectivity index (χ0) is 13.7. The fourth-order valence-electron chi connectivity index (χ4n) is 2.07. The van der Waals surface area contributed by atoms with E-state index in [0.717, 1.165) is 5.76 Å². The standard InChI is InChI=1S/C12H18N2O4S/c15-12(14-4-3-11-2-1-6-18-11)8-10-9-19(16,17)7-5-13-10/h1-2,6,10,13H,3-5,7-9H2,(H,14,15). The minimum absolute atomic E-state index is 0.0403. The Bertz CT molecular complexity index is 510. The molecule has 19 heavy (non-hydrogen) atoms. The minimum Gasteiger partial charge on any atom is -0.469 e. The molecule has 0 spiro atoms. The van der Waals surface area contributed by atoms with Gasteiger partial charge >= 0.3 is 0 Å². The van der Waals surface area contributed by atoms with Gasteiger partial charge in [0, 0.05) is 32.0 Å². The van der Waals surface area contributed by atoms with Gasteiger partial charge in [-0.2, -0.15) is 0 Å². The van der Waals surface area contributed by atoms with Gasteiger partial charge in [0.15, 0.2) is 9.84 Å². The molecule has 0 radical (unpaired) electrons. The fourth-order valence-corrected chi connectivity index (χ4v) is 3.52. The van der Waals surface area contributed by atoms with Crippen LogP contribution < -0.4 is 10.6 Å². The number of sulfone groups is 1. The van der Waals surface area contributed by atoms with Gasteiger partial charge in [-0.25, -0.2) is 8.42 Å². The number of carbonyl (C=O) groups is 1. The number of furan rings is 1. The minimum atomic E-state index is -2.99. The lowest BCUT2D eigenvalue weighted by Crippen LogP contribution is -2.47. The van der Waals surface area contributed by atoms with Crippen LogP contribution in [0.4, 0.5) is 0 Å². The van der Waals surface area contributed by atoms with Crippen LogP contribution in [0.15, 0.2) is 22.8 Å². The second-order valence-electron chi connectivity index (χ2n) is 4.65. The Morgan fingerprint density at radius 1 is 1.53 bits per heavy atom. The van der Waals surface area contributed by atoms with E-state index < -0.39 is 9.84 Å². The molecule has 1 fully saturated rings. The Kier molecular flexibility index (Phi) is 4.60. The highest BCUT2D eigenvalue weighted by molar-refractivity contribution is 7.91. The van der Waals surface area contributed by atoms with Crippen molar-refractivity contribution in [1.29, 1.82) is 0 Å². The van der Waals surface area contributed by atoms with E-state index in [9.17, 15) is 13.2 Å². The summed E-state index contributed by atoms with van der Waals surface area (Å²) in [4.78, 5) is 11.7. The lowest BCUT2D eigenvalue weighted by molar-refractivity contribution is -0.121. The molecule has 1 saturated heterocycles. The van der Waals surface area contributed by atoms with Crippen LogP contribution in [-0.4, -0.2) is 45.0 Å². The number of hydrogen-bond donors (Lipinski definition) is 2. The summed E-state index contributed by atoms with van der Waals surface area (Å²) in [5, 5.41) is 5.81. The molecule has 0 saturated carbocycles. The Morgan fingerprint density at radius 2 is 2.37 bits per heavy atom. The predicted octanol–water partition coefficient (Wildman–Crippen LogP) is -0.285. The second kappa shape index (κ2) is 6.21. The van der Waals surface area contributed by atoms with Crippen molar-refractivity contribution in [2.45, 2.75) is 18.9 Å². The number of hydrogen-bond acceptors (Lipinski definition) is 5. The van der Waals surface area contributed by atoms with Crippen LogP contribution >= 0.6 is 0 Å². The molecule has 2 heterocycles. The van der Waals surface area contributed by atoms with Crippen LogP contribution in [0.3, 0.4) is 0 Å². The summed E-state index contributed by atoms with van der Waals surface area (Å²) in [5.74, 6) is 0.877. The molecule has 1 atom stereocenters. The van der Waals surface area contributed by atoms with Crippen molar-refractivity contribution in [3.63, 3.8) is 0 Å². The Morgan fingerprint density at radius 3 is 3.05 bits per heavy atom. The van der Waals surface area contributed by atoms with Gasteiger partial charge in [-0.3, -0.25) is 4.79 Å². The molecule has 1 aromatic rings. The average molecular weight is 286 g/mol. The molecule has 2 rings (SSSR count). The third kappa shape index (κ3) is 4.68. The third-order valence-corrected chi connectivity index (χ3v) is 4.74. The maximum Gasteiger partial charge on any atom is 0.221 e. The Labute approximate surface area is 112 Å². The van der Waals surface area contributed by atoms with E-state index in [-0.39, 0.29) is 29.9 Å². The zero-order valence-electron chi connectivity index (χ0n) is 10.6. The highest BCUT2D eigenvalue weighted by atomic mass is 32.2. The Balaban J connectivity index is 1.69. The van der Waals surface area contributed by atoms with Crippen LogP contribution in [0.5, 0.6) is 0 Å². The van der Waals surface area contributed by atoms with Crippen molar-refractivity contribution in [3.05, 3.63) is 24.2 Å². The van der Waals surface area contributed by atoms with E-state index in [0.29, 0.717) is 19.5 Å². The monoisotopic (exact) mass is 286 g/mol. The van der Waals surface area contributed by atoms with E-state index in [1.807, 2.05) is 6.07 Å². The molecule has 1 unspecified atom stereocenters. The van der Waals surface area contributed by atoms with E-state index >= 15 is 0 Å². The van der Waals surface area contributed by atoms with Gasteiger partial charge in [0.25, 0.3) is 0 Å². The van der Waals surface area contributed by atoms with E-state index in [1.54, 1.807) is 12.3 Å². The van der Waals surface area contributed by atoms with Crippen molar-refractivity contribution in [3.8, 4) is 0 Å². The van der Waals surface area contributed by atoms with Gasteiger partial charge in [0.1, 0.15) is 5.76 Å². The van der Waals surface area contributed by atoms with Gasteiger partial charge in [-0.1, -0.05) is 0 Å². The molecule has 1 aliphatic rings. The van der Waals surface area contributed by atoms with Crippen LogP contribution in [0, 0.1) is 0 Å². The summed E-state index contributed by atoms with van der Waals surface area (Å²) in [6.07, 6.45) is 2.42. The number of rotatable bonds is 5. The van der Waals surface area contributed by atoms with Crippen LogP contribution in [0.1, 0.15) is 12.2 Å². The largest absolute Gasteiger partial charge is 0.469 e. The number of amides is 1. The zero-order valence-corrected chi connectivity index (χ0v) is 11.4. The normalized spacial score (nSPS) is 22.0. The lowest BCUT2D eigenvalue weighted by atomic mass is 10.2. The average Bonchev–Trinajstić information content (AvgIpc) is 2.80. The topological polar surface area (TPSA) is 88.4 Å². The van der Waals surface area contributed by atoms with Crippen molar-refractivity contribution in [2.24, 2.45) is 0 Å². The van der Waals surface area contributed by atoms with Gasteiger partial charge in [-0.05, 0) is 12.1 Å². The van der Waals surface area contributed by atoms with Gasteiger partial charge in [-0.15, -0.1) is 0 Å². The first kappa shape index (κ1) is 14.1. The summed E-state index contributed by atoms with van der Waals surface area (Å²) in [6, 6.07) is 3.37.